The SMILES string of the molecule is Cn1nccc1CCC1(O)CCC2(CC1)OCCO2. The first-order valence-electron chi connectivity index (χ1n) is 7.08. The van der Waals surface area contributed by atoms with Crippen LogP contribution in [-0.2, 0) is 22.9 Å². The van der Waals surface area contributed by atoms with Gasteiger partial charge in [0.1, 0.15) is 0 Å². The molecule has 0 bridgehead atoms. The lowest BCUT2D eigenvalue weighted by atomic mass is 9.78. The molecule has 0 unspecified atom stereocenters. The average molecular weight is 266 g/mol. The fourth-order valence-electron chi connectivity index (χ4n) is 3.14. The van der Waals surface area contributed by atoms with Crippen LogP contribution in [0.5, 0.6) is 0 Å². The van der Waals surface area contributed by atoms with Crippen LogP contribution in [0.4, 0.5) is 0 Å². The van der Waals surface area contributed by atoms with Gasteiger partial charge in [-0.3, -0.25) is 4.68 Å². The summed E-state index contributed by atoms with van der Waals surface area (Å²) in [6.07, 6.45) is 6.55. The minimum Gasteiger partial charge on any atom is -0.390 e. The van der Waals surface area contributed by atoms with Crippen LogP contribution in [0.25, 0.3) is 0 Å². The largest absolute Gasteiger partial charge is 0.390 e. The first-order chi connectivity index (χ1) is 9.11. The maximum absolute atomic E-state index is 10.7. The van der Waals surface area contributed by atoms with E-state index in [0.717, 1.165) is 38.5 Å². The smallest absolute Gasteiger partial charge is 0.168 e. The van der Waals surface area contributed by atoms with E-state index >= 15 is 0 Å². The molecule has 19 heavy (non-hydrogen) atoms. The Labute approximate surface area is 113 Å². The molecule has 2 aliphatic rings. The van der Waals surface area contributed by atoms with E-state index in [0.29, 0.717) is 13.2 Å². The summed E-state index contributed by atoms with van der Waals surface area (Å²) in [6.45, 7) is 1.38. The van der Waals surface area contributed by atoms with E-state index in [1.807, 2.05) is 17.8 Å². The van der Waals surface area contributed by atoms with Gasteiger partial charge in [-0.15, -0.1) is 0 Å². The summed E-state index contributed by atoms with van der Waals surface area (Å²) in [4.78, 5) is 0. The van der Waals surface area contributed by atoms with Gasteiger partial charge in [-0.2, -0.15) is 5.10 Å². The fourth-order valence-corrected chi connectivity index (χ4v) is 3.14. The van der Waals surface area contributed by atoms with Gasteiger partial charge in [0.2, 0.25) is 0 Å². The van der Waals surface area contributed by atoms with Crippen LogP contribution in [0.1, 0.15) is 37.8 Å². The van der Waals surface area contributed by atoms with E-state index in [2.05, 4.69) is 5.10 Å². The molecule has 2 fully saturated rings. The lowest BCUT2D eigenvalue weighted by molar-refractivity contribution is -0.203. The minimum absolute atomic E-state index is 0.390. The monoisotopic (exact) mass is 266 g/mol. The standard InChI is InChI=1S/C14H22N2O3/c1-16-12(3-9-15-16)2-4-13(17)5-7-14(8-6-13)18-10-11-19-14/h3,9,17H,2,4-8,10-11H2,1H3. The summed E-state index contributed by atoms with van der Waals surface area (Å²) >= 11 is 0. The zero-order valence-corrected chi connectivity index (χ0v) is 11.5. The van der Waals surface area contributed by atoms with Crippen molar-refractivity contribution >= 4 is 0 Å². The molecule has 2 heterocycles. The van der Waals surface area contributed by atoms with Crippen molar-refractivity contribution in [2.24, 2.45) is 7.05 Å². The third kappa shape index (κ3) is 2.68. The van der Waals surface area contributed by atoms with Gasteiger partial charge in [-0.1, -0.05) is 0 Å². The number of aryl methyl sites for hydroxylation is 2. The van der Waals surface area contributed by atoms with Gasteiger partial charge >= 0.3 is 0 Å². The molecule has 1 N–H and O–H groups in total. The highest BCUT2D eigenvalue weighted by molar-refractivity contribution is 5.02. The molecule has 1 saturated heterocycles. The molecule has 0 radical (unpaired) electrons. The molecular formula is C14H22N2O3. The molecule has 106 valence electrons. The summed E-state index contributed by atoms with van der Waals surface area (Å²) in [6, 6.07) is 2.01. The van der Waals surface area contributed by atoms with Crippen LogP contribution in [0.2, 0.25) is 0 Å². The number of aliphatic hydroxyl groups is 1. The Morgan fingerprint density at radius 1 is 1.26 bits per heavy atom. The molecule has 0 aromatic carbocycles. The summed E-state index contributed by atoms with van der Waals surface area (Å²) in [5.41, 5.74) is 0.590. The van der Waals surface area contributed by atoms with Crippen LogP contribution in [-0.4, -0.2) is 39.5 Å². The van der Waals surface area contributed by atoms with E-state index in [4.69, 9.17) is 9.47 Å². The maximum atomic E-state index is 10.7. The highest BCUT2D eigenvalue weighted by Crippen LogP contribution is 2.41. The average Bonchev–Trinajstić information content (AvgIpc) is 3.02. The molecular weight excluding hydrogens is 244 g/mol. The summed E-state index contributed by atoms with van der Waals surface area (Å²) < 4.78 is 13.3. The molecule has 0 amide bonds. The lowest BCUT2D eigenvalue weighted by Gasteiger charge is -2.40. The highest BCUT2D eigenvalue weighted by Gasteiger charge is 2.45. The highest BCUT2D eigenvalue weighted by atomic mass is 16.7. The number of hydrogen-bond acceptors (Lipinski definition) is 4. The topological polar surface area (TPSA) is 56.5 Å². The quantitative estimate of drug-likeness (QED) is 0.898. The molecule has 5 heteroatoms. The van der Waals surface area contributed by atoms with Crippen molar-refractivity contribution < 1.29 is 14.6 Å². The van der Waals surface area contributed by atoms with Crippen LogP contribution in [0.15, 0.2) is 12.3 Å². The van der Waals surface area contributed by atoms with Crippen molar-refractivity contribution in [2.75, 3.05) is 13.2 Å². The van der Waals surface area contributed by atoms with Crippen molar-refractivity contribution in [1.29, 1.82) is 0 Å². The van der Waals surface area contributed by atoms with Crippen molar-refractivity contribution in [3.05, 3.63) is 18.0 Å². The van der Waals surface area contributed by atoms with E-state index in [-0.39, 0.29) is 0 Å². The number of nitrogens with zero attached hydrogens (tertiary/aromatic N) is 2. The second-order valence-corrected chi connectivity index (χ2v) is 5.78. The lowest BCUT2D eigenvalue weighted by Crippen LogP contribution is -2.43. The Morgan fingerprint density at radius 2 is 1.95 bits per heavy atom. The van der Waals surface area contributed by atoms with Crippen molar-refractivity contribution in [3.63, 3.8) is 0 Å². The fraction of sp³-hybridized carbons (Fsp3) is 0.786. The molecule has 1 spiro atoms. The molecule has 1 aromatic heterocycles. The first-order valence-corrected chi connectivity index (χ1v) is 7.08. The van der Waals surface area contributed by atoms with Crippen molar-refractivity contribution in [1.82, 2.24) is 9.78 Å². The molecule has 1 aromatic rings. The molecule has 1 saturated carbocycles. The summed E-state index contributed by atoms with van der Waals surface area (Å²) in [5.74, 6) is -0.390. The minimum atomic E-state index is -0.579. The van der Waals surface area contributed by atoms with Gasteiger partial charge in [0.25, 0.3) is 0 Å². The first kappa shape index (κ1) is 13.1. The van der Waals surface area contributed by atoms with Gasteiger partial charge in [0.15, 0.2) is 5.79 Å². The Bertz CT molecular complexity index is 428. The Kier molecular flexibility index (Phi) is 3.37. The van der Waals surface area contributed by atoms with Crippen LogP contribution >= 0.6 is 0 Å². The van der Waals surface area contributed by atoms with Gasteiger partial charge in [-0.05, 0) is 31.7 Å². The van der Waals surface area contributed by atoms with E-state index in [1.165, 1.54) is 5.69 Å². The van der Waals surface area contributed by atoms with Gasteiger partial charge < -0.3 is 14.6 Å². The summed E-state index contributed by atoms with van der Waals surface area (Å²) in [7, 11) is 1.94. The molecule has 1 aliphatic heterocycles. The number of aromatic nitrogens is 2. The molecule has 3 rings (SSSR count). The molecule has 0 atom stereocenters. The van der Waals surface area contributed by atoms with E-state index < -0.39 is 11.4 Å². The Balaban J connectivity index is 1.55. The normalized spacial score (nSPS) is 24.9. The zero-order chi connectivity index (χ0) is 13.3. The van der Waals surface area contributed by atoms with Gasteiger partial charge in [-0.25, -0.2) is 0 Å². The maximum Gasteiger partial charge on any atom is 0.168 e. The number of rotatable bonds is 3. The van der Waals surface area contributed by atoms with Crippen LogP contribution in [0, 0.1) is 0 Å². The Hall–Kier alpha value is -0.910. The van der Waals surface area contributed by atoms with Gasteiger partial charge in [0.05, 0.1) is 18.8 Å². The van der Waals surface area contributed by atoms with Crippen LogP contribution in [0.3, 0.4) is 0 Å². The summed E-state index contributed by atoms with van der Waals surface area (Å²) in [5, 5.41) is 14.8. The van der Waals surface area contributed by atoms with E-state index in [1.54, 1.807) is 6.20 Å². The second kappa shape index (κ2) is 4.89. The molecule has 1 aliphatic carbocycles. The third-order valence-corrected chi connectivity index (χ3v) is 4.53. The molecule has 5 nitrogen and oxygen atoms in total. The van der Waals surface area contributed by atoms with Crippen molar-refractivity contribution in [2.45, 2.75) is 49.9 Å². The number of hydrogen-bond donors (Lipinski definition) is 1. The number of ether oxygens (including phenoxy) is 2. The second-order valence-electron chi connectivity index (χ2n) is 5.78. The zero-order valence-electron chi connectivity index (χ0n) is 11.5. The predicted molar refractivity (Wildman–Crippen MR) is 69.6 cm³/mol. The van der Waals surface area contributed by atoms with E-state index in [9.17, 15) is 5.11 Å². The Morgan fingerprint density at radius 3 is 2.53 bits per heavy atom. The van der Waals surface area contributed by atoms with Gasteiger partial charge in [0, 0.05) is 31.8 Å². The van der Waals surface area contributed by atoms with Crippen molar-refractivity contribution in [3.8, 4) is 0 Å². The third-order valence-electron chi connectivity index (χ3n) is 4.53. The predicted octanol–water partition coefficient (Wildman–Crippen LogP) is 1.40. The van der Waals surface area contributed by atoms with Crippen LogP contribution < -0.4 is 0 Å².